The molecule has 1 aromatic rings. The van der Waals surface area contributed by atoms with Gasteiger partial charge in [-0.1, -0.05) is 17.7 Å². The van der Waals surface area contributed by atoms with Crippen molar-refractivity contribution in [3.8, 4) is 0 Å². The molecular weight excluding hydrogens is 392 g/mol. The number of benzene rings is 1. The van der Waals surface area contributed by atoms with Crippen molar-refractivity contribution in [2.24, 2.45) is 23.2 Å². The van der Waals surface area contributed by atoms with Gasteiger partial charge in [0.1, 0.15) is 0 Å². The molecule has 0 aromatic heterocycles. The molecule has 4 aliphatic rings. The average molecular weight is 427 g/mol. The minimum atomic E-state index is -0.896. The van der Waals surface area contributed by atoms with E-state index in [-0.39, 0.29) is 30.2 Å². The minimum absolute atomic E-state index is 0.0687. The molecule has 0 saturated heterocycles. The van der Waals surface area contributed by atoms with E-state index in [9.17, 15) is 14.4 Å². The van der Waals surface area contributed by atoms with Gasteiger partial charge >= 0.3 is 5.97 Å². The number of hydrogen-bond donors (Lipinski definition) is 2. The lowest BCUT2D eigenvalue weighted by molar-refractivity contribution is -0.153. The molecule has 31 heavy (non-hydrogen) atoms. The van der Waals surface area contributed by atoms with Crippen LogP contribution in [0.5, 0.6) is 0 Å². The molecule has 2 amide bonds. The first-order chi connectivity index (χ1) is 14.7. The van der Waals surface area contributed by atoms with Gasteiger partial charge in [-0.3, -0.25) is 14.4 Å². The van der Waals surface area contributed by atoms with Gasteiger partial charge in [0.2, 0.25) is 5.91 Å². The van der Waals surface area contributed by atoms with Gasteiger partial charge in [0.05, 0.1) is 6.42 Å². The summed E-state index contributed by atoms with van der Waals surface area (Å²) < 4.78 is 5.28. The molecule has 4 fully saturated rings. The summed E-state index contributed by atoms with van der Waals surface area (Å²) in [5, 5.41) is 5.79. The first-order valence-electron chi connectivity index (χ1n) is 11.6. The van der Waals surface area contributed by atoms with E-state index in [1.165, 1.54) is 19.3 Å². The van der Waals surface area contributed by atoms with E-state index in [4.69, 9.17) is 4.74 Å². The average Bonchev–Trinajstić information content (AvgIpc) is 2.68. The zero-order valence-electron chi connectivity index (χ0n) is 18.8. The third kappa shape index (κ3) is 4.78. The van der Waals surface area contributed by atoms with Crippen molar-refractivity contribution < 1.29 is 19.1 Å². The van der Waals surface area contributed by atoms with Gasteiger partial charge in [0, 0.05) is 17.6 Å². The quantitative estimate of drug-likeness (QED) is 0.648. The standard InChI is InChI=1S/C25H34N2O4/c1-15-4-5-21(16(2)8-15)27-23(29)17(3)31-22(28)6-7-26-24(30)25-12-18-9-19(13-25)11-20(10-18)14-25/h4-5,8,17-20H,6-7,9-14H2,1-3H3,(H,26,30)(H,27,29)/t17-,18?,19?,20?,25?/m1/s1. The molecule has 6 heteroatoms. The first-order valence-corrected chi connectivity index (χ1v) is 11.6. The van der Waals surface area contributed by atoms with Gasteiger partial charge in [-0.25, -0.2) is 0 Å². The summed E-state index contributed by atoms with van der Waals surface area (Å²) in [5.41, 5.74) is 2.57. The van der Waals surface area contributed by atoms with Crippen molar-refractivity contribution >= 4 is 23.5 Å². The number of anilines is 1. The molecule has 4 bridgehead atoms. The SMILES string of the molecule is Cc1ccc(NC(=O)[C@@H](C)OC(=O)CCNC(=O)C23CC4CC(CC(C4)C2)C3)c(C)c1. The topological polar surface area (TPSA) is 84.5 Å². The summed E-state index contributed by atoms with van der Waals surface area (Å²) in [4.78, 5) is 37.5. The molecular formula is C25H34N2O4. The van der Waals surface area contributed by atoms with Crippen LogP contribution < -0.4 is 10.6 Å². The van der Waals surface area contributed by atoms with Crippen molar-refractivity contribution in [2.75, 3.05) is 11.9 Å². The number of carbonyl (C=O) groups is 3. The molecule has 6 nitrogen and oxygen atoms in total. The normalized spacial score (nSPS) is 29.3. The maximum absolute atomic E-state index is 12.9. The molecule has 0 heterocycles. The lowest BCUT2D eigenvalue weighted by Crippen LogP contribution is -2.53. The van der Waals surface area contributed by atoms with E-state index in [0.717, 1.165) is 30.4 Å². The molecule has 4 saturated carbocycles. The van der Waals surface area contributed by atoms with Crippen molar-refractivity contribution in [3.05, 3.63) is 29.3 Å². The van der Waals surface area contributed by atoms with Crippen molar-refractivity contribution in [1.82, 2.24) is 5.32 Å². The molecule has 168 valence electrons. The lowest BCUT2D eigenvalue weighted by atomic mass is 9.49. The van der Waals surface area contributed by atoms with Crippen LogP contribution in [0, 0.1) is 37.0 Å². The maximum Gasteiger partial charge on any atom is 0.308 e. The van der Waals surface area contributed by atoms with Crippen LogP contribution in [-0.4, -0.2) is 30.4 Å². The molecule has 5 rings (SSSR count). The third-order valence-electron chi connectivity index (χ3n) is 7.45. The zero-order valence-corrected chi connectivity index (χ0v) is 18.8. The van der Waals surface area contributed by atoms with Crippen LogP contribution in [0.4, 0.5) is 5.69 Å². The highest BCUT2D eigenvalue weighted by Gasteiger charge is 2.54. The van der Waals surface area contributed by atoms with Crippen LogP contribution in [-0.2, 0) is 19.1 Å². The van der Waals surface area contributed by atoms with E-state index < -0.39 is 12.1 Å². The minimum Gasteiger partial charge on any atom is -0.452 e. The molecule has 1 atom stereocenters. The second kappa shape index (κ2) is 8.64. The summed E-state index contributed by atoms with van der Waals surface area (Å²) in [6, 6.07) is 5.75. The van der Waals surface area contributed by atoms with Crippen LogP contribution in [0.3, 0.4) is 0 Å². The number of nitrogens with one attached hydrogen (secondary N) is 2. The highest BCUT2D eigenvalue weighted by atomic mass is 16.5. The van der Waals surface area contributed by atoms with Gasteiger partial charge in [-0.2, -0.15) is 0 Å². The van der Waals surface area contributed by atoms with Crippen LogP contribution in [0.15, 0.2) is 18.2 Å². The van der Waals surface area contributed by atoms with Crippen molar-refractivity contribution in [2.45, 2.75) is 71.8 Å². The lowest BCUT2D eigenvalue weighted by Gasteiger charge is -2.55. The van der Waals surface area contributed by atoms with E-state index in [1.54, 1.807) is 6.92 Å². The zero-order chi connectivity index (χ0) is 22.2. The number of amides is 2. The van der Waals surface area contributed by atoms with E-state index in [1.807, 2.05) is 32.0 Å². The molecule has 1 aromatic carbocycles. The molecule has 0 radical (unpaired) electrons. The predicted molar refractivity (Wildman–Crippen MR) is 118 cm³/mol. The molecule has 0 aliphatic heterocycles. The summed E-state index contributed by atoms with van der Waals surface area (Å²) in [7, 11) is 0. The van der Waals surface area contributed by atoms with Crippen LogP contribution in [0.25, 0.3) is 0 Å². The van der Waals surface area contributed by atoms with Gasteiger partial charge < -0.3 is 15.4 Å². The Bertz CT molecular complexity index is 843. The van der Waals surface area contributed by atoms with E-state index >= 15 is 0 Å². The summed E-state index contributed by atoms with van der Waals surface area (Å²) in [6.45, 7) is 5.73. The molecule has 4 aliphatic carbocycles. The Hall–Kier alpha value is -2.37. The molecule has 2 N–H and O–H groups in total. The Morgan fingerprint density at radius 2 is 1.68 bits per heavy atom. The van der Waals surface area contributed by atoms with Gasteiger partial charge in [0.15, 0.2) is 6.10 Å². The van der Waals surface area contributed by atoms with Crippen molar-refractivity contribution in [1.29, 1.82) is 0 Å². The summed E-state index contributed by atoms with van der Waals surface area (Å²) in [6.07, 6.45) is 6.06. The number of rotatable bonds is 7. The largest absolute Gasteiger partial charge is 0.452 e. The Balaban J connectivity index is 1.21. The van der Waals surface area contributed by atoms with E-state index in [2.05, 4.69) is 10.6 Å². The maximum atomic E-state index is 12.9. The Morgan fingerprint density at radius 1 is 1.06 bits per heavy atom. The third-order valence-corrected chi connectivity index (χ3v) is 7.45. The fraction of sp³-hybridized carbons (Fsp3) is 0.640. The summed E-state index contributed by atoms with van der Waals surface area (Å²) in [5.74, 6) is 1.39. The number of hydrogen-bond acceptors (Lipinski definition) is 4. The number of ether oxygens (including phenoxy) is 1. The monoisotopic (exact) mass is 426 g/mol. The van der Waals surface area contributed by atoms with Gasteiger partial charge in [0.25, 0.3) is 5.91 Å². The second-order valence-electron chi connectivity index (χ2n) is 10.1. The van der Waals surface area contributed by atoms with Crippen LogP contribution in [0.1, 0.15) is 63.0 Å². The number of carbonyl (C=O) groups excluding carboxylic acids is 3. The molecule has 0 unspecified atom stereocenters. The van der Waals surface area contributed by atoms with Gasteiger partial charge in [-0.05, 0) is 88.7 Å². The number of esters is 1. The number of aryl methyl sites for hydroxylation is 2. The van der Waals surface area contributed by atoms with Crippen LogP contribution >= 0.6 is 0 Å². The van der Waals surface area contributed by atoms with Gasteiger partial charge in [-0.15, -0.1) is 0 Å². The summed E-state index contributed by atoms with van der Waals surface area (Å²) >= 11 is 0. The smallest absolute Gasteiger partial charge is 0.308 e. The Kier molecular flexibility index (Phi) is 6.09. The predicted octanol–water partition coefficient (Wildman–Crippen LogP) is 3.90. The van der Waals surface area contributed by atoms with Crippen LogP contribution in [0.2, 0.25) is 0 Å². The highest BCUT2D eigenvalue weighted by Crippen LogP contribution is 2.60. The fourth-order valence-electron chi connectivity index (χ4n) is 6.35. The Labute approximate surface area is 184 Å². The second-order valence-corrected chi connectivity index (χ2v) is 10.1. The highest BCUT2D eigenvalue weighted by molar-refractivity contribution is 5.95. The fourth-order valence-corrected chi connectivity index (χ4v) is 6.35. The molecule has 0 spiro atoms. The van der Waals surface area contributed by atoms with E-state index in [0.29, 0.717) is 23.4 Å². The Morgan fingerprint density at radius 3 is 2.26 bits per heavy atom. The van der Waals surface area contributed by atoms with Crippen molar-refractivity contribution in [3.63, 3.8) is 0 Å². The first kappa shape index (κ1) is 21.8.